The molecule has 3 aromatic rings. The molecule has 7 heteroatoms. The zero-order valence-electron chi connectivity index (χ0n) is 25.3. The predicted molar refractivity (Wildman–Crippen MR) is 167 cm³/mol. The van der Waals surface area contributed by atoms with Gasteiger partial charge in [-0.2, -0.15) is 0 Å². The molecule has 7 nitrogen and oxygen atoms in total. The molecule has 1 amide bonds. The van der Waals surface area contributed by atoms with Crippen molar-refractivity contribution < 1.29 is 14.3 Å². The lowest BCUT2D eigenvalue weighted by atomic mass is 9.48. The fourth-order valence-electron chi connectivity index (χ4n) is 8.95. The number of piperidine rings is 1. The highest BCUT2D eigenvalue weighted by molar-refractivity contribution is 6.04. The summed E-state index contributed by atoms with van der Waals surface area (Å²) in [5, 5.41) is 6.64. The molecule has 4 aliphatic carbocycles. The Morgan fingerprint density at radius 2 is 1.74 bits per heavy atom. The molecule has 8 rings (SSSR count). The number of carbonyl (C=O) groups is 2. The lowest BCUT2D eigenvalue weighted by Crippen LogP contribution is -2.46. The van der Waals surface area contributed by atoms with Gasteiger partial charge in [-0.1, -0.05) is 42.8 Å². The van der Waals surface area contributed by atoms with Gasteiger partial charge in [0.25, 0.3) is 5.91 Å². The van der Waals surface area contributed by atoms with Crippen LogP contribution in [-0.4, -0.2) is 28.4 Å². The number of benzene rings is 2. The van der Waals surface area contributed by atoms with Crippen LogP contribution in [0, 0.1) is 30.1 Å². The summed E-state index contributed by atoms with van der Waals surface area (Å²) in [4.78, 5) is 35.3. The summed E-state index contributed by atoms with van der Waals surface area (Å²) in [5.74, 6) is 2.97. The highest BCUT2D eigenvalue weighted by Crippen LogP contribution is 2.61. The number of aryl methyl sites for hydroxylation is 2. The van der Waals surface area contributed by atoms with E-state index in [0.29, 0.717) is 22.4 Å². The summed E-state index contributed by atoms with van der Waals surface area (Å²) in [7, 11) is 0. The van der Waals surface area contributed by atoms with E-state index < -0.39 is 5.97 Å². The number of hydrogen-bond donors (Lipinski definition) is 3. The number of rotatable bonds is 9. The quantitative estimate of drug-likeness (QED) is 0.231. The highest BCUT2D eigenvalue weighted by atomic mass is 16.5. The van der Waals surface area contributed by atoms with Crippen LogP contribution in [0.2, 0.25) is 0 Å². The summed E-state index contributed by atoms with van der Waals surface area (Å²) in [6.07, 6.45) is 13.7. The van der Waals surface area contributed by atoms with Gasteiger partial charge in [0, 0.05) is 11.4 Å². The van der Waals surface area contributed by atoms with Gasteiger partial charge in [0.2, 0.25) is 0 Å². The Bertz CT molecular complexity index is 1440. The molecule has 1 saturated heterocycles. The third-order valence-electron chi connectivity index (χ3n) is 10.7. The monoisotopic (exact) mass is 580 g/mol. The van der Waals surface area contributed by atoms with Crippen LogP contribution >= 0.6 is 0 Å². The van der Waals surface area contributed by atoms with Gasteiger partial charge in [-0.25, -0.2) is 9.78 Å². The fourth-order valence-corrected chi connectivity index (χ4v) is 8.95. The number of aromatic nitrogens is 2. The molecule has 2 heterocycles. The van der Waals surface area contributed by atoms with Crippen molar-refractivity contribution in [3.05, 3.63) is 82.4 Å². The normalized spacial score (nSPS) is 27.7. The van der Waals surface area contributed by atoms with Crippen molar-refractivity contribution in [3.63, 3.8) is 0 Å². The predicted octanol–water partition coefficient (Wildman–Crippen LogP) is 7.29. The minimum absolute atomic E-state index is 0.152. The summed E-state index contributed by atoms with van der Waals surface area (Å²) in [6.45, 7) is 3.06. The average molecular weight is 581 g/mol. The Hall–Kier alpha value is -3.45. The second kappa shape index (κ2) is 11.9. The van der Waals surface area contributed by atoms with E-state index in [-0.39, 0.29) is 18.6 Å². The smallest absolute Gasteiger partial charge is 0.338 e. The molecule has 1 aromatic heterocycles. The number of aromatic amines is 1. The summed E-state index contributed by atoms with van der Waals surface area (Å²) >= 11 is 0. The van der Waals surface area contributed by atoms with Crippen molar-refractivity contribution in [1.82, 2.24) is 15.3 Å². The minimum atomic E-state index is -0.404. The molecule has 3 N–H and O–H groups in total. The van der Waals surface area contributed by atoms with E-state index >= 15 is 0 Å². The van der Waals surface area contributed by atoms with E-state index in [2.05, 4.69) is 15.6 Å². The number of amides is 1. The molecule has 1 atom stereocenters. The molecule has 5 fully saturated rings. The first-order chi connectivity index (χ1) is 20.9. The second-order valence-electron chi connectivity index (χ2n) is 13.9. The van der Waals surface area contributed by atoms with Crippen LogP contribution in [0.15, 0.2) is 48.5 Å². The van der Waals surface area contributed by atoms with Crippen LogP contribution in [0.5, 0.6) is 0 Å². The van der Waals surface area contributed by atoms with Crippen LogP contribution in [0.1, 0.15) is 114 Å². The molecular weight excluding hydrogens is 536 g/mol. The average Bonchev–Trinajstić information content (AvgIpc) is 3.45. The Labute approximate surface area is 254 Å². The summed E-state index contributed by atoms with van der Waals surface area (Å²) in [6, 6.07) is 15.2. The van der Waals surface area contributed by atoms with Crippen molar-refractivity contribution in [3.8, 4) is 0 Å². The Morgan fingerprint density at radius 1 is 1.00 bits per heavy atom. The van der Waals surface area contributed by atoms with Crippen molar-refractivity contribution >= 4 is 17.6 Å². The number of carbonyl (C=O) groups excluding carboxylic acids is 2. The Morgan fingerprint density at radius 3 is 2.44 bits per heavy atom. The first-order valence-corrected chi connectivity index (χ1v) is 16.4. The van der Waals surface area contributed by atoms with Gasteiger partial charge < -0.3 is 20.4 Å². The topological polar surface area (TPSA) is 96.1 Å². The molecule has 1 unspecified atom stereocenters. The molecule has 226 valence electrons. The maximum atomic E-state index is 13.8. The number of ether oxygens (including phenoxy) is 1. The SMILES string of the molecule is Cc1ccc(NC(=O)c2nc(C3CCCCN3)[nH]c2CCC23CC4CC(CC(C4)C2)C3)cc1C(=O)OCc1ccccc1. The molecule has 1 aliphatic heterocycles. The fraction of sp³-hybridized carbons (Fsp3) is 0.528. The summed E-state index contributed by atoms with van der Waals surface area (Å²) < 4.78 is 5.59. The molecule has 5 aliphatic rings. The van der Waals surface area contributed by atoms with E-state index in [1.165, 1.54) is 44.9 Å². The Kier molecular flexibility index (Phi) is 7.85. The third kappa shape index (κ3) is 6.14. The van der Waals surface area contributed by atoms with Gasteiger partial charge in [0.1, 0.15) is 18.1 Å². The minimum Gasteiger partial charge on any atom is -0.457 e. The third-order valence-corrected chi connectivity index (χ3v) is 10.7. The molecule has 2 aromatic carbocycles. The number of nitrogens with one attached hydrogen (secondary N) is 3. The molecule has 0 spiro atoms. The van der Waals surface area contributed by atoms with Crippen molar-refractivity contribution in [1.29, 1.82) is 0 Å². The molecule has 0 radical (unpaired) electrons. The van der Waals surface area contributed by atoms with E-state index in [1.807, 2.05) is 49.4 Å². The zero-order chi connectivity index (χ0) is 29.4. The van der Waals surface area contributed by atoms with Crippen LogP contribution in [-0.2, 0) is 17.8 Å². The largest absolute Gasteiger partial charge is 0.457 e. The number of esters is 1. The summed E-state index contributed by atoms with van der Waals surface area (Å²) in [5.41, 5.74) is 4.62. The van der Waals surface area contributed by atoms with E-state index in [4.69, 9.17) is 9.72 Å². The molecule has 43 heavy (non-hydrogen) atoms. The van der Waals surface area contributed by atoms with Gasteiger partial charge in [0.15, 0.2) is 0 Å². The van der Waals surface area contributed by atoms with Gasteiger partial charge in [-0.3, -0.25) is 4.79 Å². The van der Waals surface area contributed by atoms with E-state index in [9.17, 15) is 9.59 Å². The van der Waals surface area contributed by atoms with Crippen molar-refractivity contribution in [2.24, 2.45) is 23.2 Å². The van der Waals surface area contributed by atoms with Crippen LogP contribution in [0.3, 0.4) is 0 Å². The molecule has 4 bridgehead atoms. The first kappa shape index (κ1) is 28.3. The van der Waals surface area contributed by atoms with Gasteiger partial charge in [-0.15, -0.1) is 0 Å². The number of imidazole rings is 1. The second-order valence-corrected chi connectivity index (χ2v) is 13.9. The van der Waals surface area contributed by atoms with E-state index in [0.717, 1.165) is 72.6 Å². The van der Waals surface area contributed by atoms with Gasteiger partial charge in [-0.05, 0) is 124 Å². The number of anilines is 1. The first-order valence-electron chi connectivity index (χ1n) is 16.4. The van der Waals surface area contributed by atoms with Crippen LogP contribution in [0.25, 0.3) is 0 Å². The van der Waals surface area contributed by atoms with Crippen molar-refractivity contribution in [2.75, 3.05) is 11.9 Å². The lowest BCUT2D eigenvalue weighted by Gasteiger charge is -2.57. The molecular formula is C36H44N4O3. The van der Waals surface area contributed by atoms with Crippen molar-refractivity contribution in [2.45, 2.75) is 90.2 Å². The van der Waals surface area contributed by atoms with Gasteiger partial charge in [0.05, 0.1) is 11.6 Å². The van der Waals surface area contributed by atoms with E-state index in [1.54, 1.807) is 6.07 Å². The van der Waals surface area contributed by atoms with Crippen LogP contribution < -0.4 is 10.6 Å². The number of nitrogens with zero attached hydrogens (tertiary/aromatic N) is 1. The number of H-pyrrole nitrogens is 1. The van der Waals surface area contributed by atoms with Gasteiger partial charge >= 0.3 is 5.97 Å². The number of hydrogen-bond acceptors (Lipinski definition) is 5. The Balaban J connectivity index is 1.08. The van der Waals surface area contributed by atoms with Crippen LogP contribution in [0.4, 0.5) is 5.69 Å². The lowest BCUT2D eigenvalue weighted by molar-refractivity contribution is -0.0570. The maximum absolute atomic E-state index is 13.8. The molecule has 4 saturated carbocycles. The standard InChI is InChI=1S/C36H44N4O3/c1-23-10-11-28(18-29(23)35(42)43-22-24-7-3-2-4-8-24)38-34(41)32-30(39-33(40-32)31-9-5-6-14-37-31)12-13-36-19-25-15-26(20-36)17-27(16-25)21-36/h2-4,7-8,10-11,18,25-27,31,37H,5-6,9,12-17,19-22H2,1H3,(H,38,41)(H,39,40). The maximum Gasteiger partial charge on any atom is 0.338 e. The highest BCUT2D eigenvalue weighted by Gasteiger charge is 2.50. The zero-order valence-corrected chi connectivity index (χ0v) is 25.3.